The van der Waals surface area contributed by atoms with Crippen molar-refractivity contribution in [1.82, 2.24) is 20.5 Å². The van der Waals surface area contributed by atoms with Gasteiger partial charge in [0.2, 0.25) is 5.91 Å². The van der Waals surface area contributed by atoms with Gasteiger partial charge in [-0.05, 0) is 54.4 Å². The number of likely N-dealkylation sites (N-methyl/N-ethyl adjacent to an activating group) is 1. The second-order valence-electron chi connectivity index (χ2n) is 8.99. The molecule has 2 amide bonds. The fraction of sp³-hybridized carbons (Fsp3) is 0.321. The third kappa shape index (κ3) is 6.45. The summed E-state index contributed by atoms with van der Waals surface area (Å²) in [7, 11) is 3.70. The molecule has 0 bridgehead atoms. The van der Waals surface area contributed by atoms with E-state index in [1.54, 1.807) is 31.6 Å². The maximum absolute atomic E-state index is 13.1. The fourth-order valence-electron chi connectivity index (χ4n) is 4.57. The first-order valence-electron chi connectivity index (χ1n) is 11.9. The first-order valence-corrected chi connectivity index (χ1v) is 11.9. The standard InChI is InChI=1S/C28H32N4O3/c1-32-18-25(26(19-32)28(34)30-14-12-20-8-10-24(35-2)11-9-20)22-6-3-5-21(15-22)16-31-27(33)23-7-4-13-29-17-23/h3-11,13,15,17,25-26H,12,14,16,18-19H2,1-2H3,(H,30,34)(H,31,33)/t25-,26+/m1/s1. The number of rotatable bonds is 9. The summed E-state index contributed by atoms with van der Waals surface area (Å²) in [5, 5.41) is 6.09. The summed E-state index contributed by atoms with van der Waals surface area (Å²) in [5.41, 5.74) is 3.82. The van der Waals surface area contributed by atoms with E-state index in [1.807, 2.05) is 36.4 Å². The van der Waals surface area contributed by atoms with Crippen molar-refractivity contribution in [3.8, 4) is 5.75 Å². The molecule has 1 fully saturated rings. The maximum Gasteiger partial charge on any atom is 0.253 e. The number of nitrogens with zero attached hydrogens (tertiary/aromatic N) is 2. The molecule has 0 spiro atoms. The van der Waals surface area contributed by atoms with Gasteiger partial charge >= 0.3 is 0 Å². The molecule has 0 aliphatic carbocycles. The molecular weight excluding hydrogens is 440 g/mol. The van der Waals surface area contributed by atoms with Crippen LogP contribution in [-0.2, 0) is 17.8 Å². The minimum absolute atomic E-state index is 0.0862. The lowest BCUT2D eigenvalue weighted by molar-refractivity contribution is -0.124. The van der Waals surface area contributed by atoms with E-state index in [-0.39, 0.29) is 23.7 Å². The molecule has 7 nitrogen and oxygen atoms in total. The second-order valence-corrected chi connectivity index (χ2v) is 8.99. The quantitative estimate of drug-likeness (QED) is 0.500. The van der Waals surface area contributed by atoms with Crippen molar-refractivity contribution in [2.45, 2.75) is 18.9 Å². The first-order chi connectivity index (χ1) is 17.0. The number of aromatic nitrogens is 1. The Morgan fingerprint density at radius 2 is 1.86 bits per heavy atom. The third-order valence-corrected chi connectivity index (χ3v) is 6.47. The molecule has 1 saturated heterocycles. The predicted octanol–water partition coefficient (Wildman–Crippen LogP) is 3.02. The Hall–Kier alpha value is -3.71. The number of carbonyl (C=O) groups is 2. The Morgan fingerprint density at radius 1 is 1.03 bits per heavy atom. The fourth-order valence-corrected chi connectivity index (χ4v) is 4.57. The van der Waals surface area contributed by atoms with Crippen LogP contribution in [0.2, 0.25) is 0 Å². The number of amides is 2. The molecule has 1 aliphatic heterocycles. The van der Waals surface area contributed by atoms with Gasteiger partial charge in [-0.3, -0.25) is 14.6 Å². The van der Waals surface area contributed by atoms with Crippen molar-refractivity contribution in [2.75, 3.05) is 33.8 Å². The van der Waals surface area contributed by atoms with Gasteiger partial charge in [0.25, 0.3) is 5.91 Å². The summed E-state index contributed by atoms with van der Waals surface area (Å²) < 4.78 is 5.20. The van der Waals surface area contributed by atoms with Crippen LogP contribution in [0.1, 0.15) is 33.0 Å². The second kappa shape index (κ2) is 11.6. The van der Waals surface area contributed by atoms with Crippen LogP contribution in [0.3, 0.4) is 0 Å². The van der Waals surface area contributed by atoms with Gasteiger partial charge in [-0.25, -0.2) is 0 Å². The minimum Gasteiger partial charge on any atom is -0.497 e. The maximum atomic E-state index is 13.1. The Balaban J connectivity index is 1.35. The van der Waals surface area contributed by atoms with Crippen molar-refractivity contribution < 1.29 is 14.3 Å². The van der Waals surface area contributed by atoms with Gasteiger partial charge in [0.15, 0.2) is 0 Å². The lowest BCUT2D eigenvalue weighted by atomic mass is 9.87. The number of hydrogen-bond donors (Lipinski definition) is 2. The largest absolute Gasteiger partial charge is 0.497 e. The Bertz CT molecular complexity index is 1130. The van der Waals surface area contributed by atoms with Gasteiger partial charge in [0.1, 0.15) is 5.75 Å². The molecule has 3 aromatic rings. The molecule has 0 saturated carbocycles. The molecule has 35 heavy (non-hydrogen) atoms. The number of nitrogens with one attached hydrogen (secondary N) is 2. The van der Waals surface area contributed by atoms with E-state index in [0.29, 0.717) is 18.7 Å². The highest BCUT2D eigenvalue weighted by Crippen LogP contribution is 2.32. The molecule has 4 rings (SSSR count). The average molecular weight is 473 g/mol. The zero-order valence-corrected chi connectivity index (χ0v) is 20.2. The number of methoxy groups -OCH3 is 1. The van der Waals surface area contributed by atoms with Gasteiger partial charge < -0.3 is 20.3 Å². The average Bonchev–Trinajstić information content (AvgIpc) is 3.30. The molecular formula is C28H32N4O3. The van der Waals surface area contributed by atoms with E-state index in [4.69, 9.17) is 4.74 Å². The van der Waals surface area contributed by atoms with E-state index in [0.717, 1.165) is 42.0 Å². The highest BCUT2D eigenvalue weighted by Gasteiger charge is 2.36. The summed E-state index contributed by atoms with van der Waals surface area (Å²) in [6.45, 7) is 2.56. The van der Waals surface area contributed by atoms with Gasteiger partial charge in [-0.15, -0.1) is 0 Å². The number of likely N-dealkylation sites (tertiary alicyclic amines) is 1. The van der Waals surface area contributed by atoms with Crippen LogP contribution in [0.4, 0.5) is 0 Å². The van der Waals surface area contributed by atoms with Crippen molar-refractivity contribution >= 4 is 11.8 Å². The number of hydrogen-bond acceptors (Lipinski definition) is 5. The van der Waals surface area contributed by atoms with Crippen LogP contribution in [-0.4, -0.2) is 55.5 Å². The number of benzene rings is 2. The van der Waals surface area contributed by atoms with Gasteiger partial charge in [0, 0.05) is 44.5 Å². The Labute approximate surface area is 206 Å². The number of pyridine rings is 1. The Kier molecular flexibility index (Phi) is 8.11. The molecule has 1 aliphatic rings. The molecule has 182 valence electrons. The van der Waals surface area contributed by atoms with Crippen molar-refractivity contribution in [3.63, 3.8) is 0 Å². The molecule has 2 atom stereocenters. The van der Waals surface area contributed by atoms with Crippen LogP contribution in [0.25, 0.3) is 0 Å². The smallest absolute Gasteiger partial charge is 0.253 e. The SMILES string of the molecule is COc1ccc(CCNC(=O)[C@H]2CN(C)C[C@@H]2c2cccc(CNC(=O)c3cccnc3)c2)cc1. The normalized spacial score (nSPS) is 17.7. The van der Waals surface area contributed by atoms with Gasteiger partial charge in [-0.2, -0.15) is 0 Å². The first kappa shape index (κ1) is 24.4. The monoisotopic (exact) mass is 472 g/mol. The molecule has 0 radical (unpaired) electrons. The summed E-state index contributed by atoms with van der Waals surface area (Å²) in [4.78, 5) is 31.7. The molecule has 0 unspecified atom stereocenters. The van der Waals surface area contributed by atoms with Crippen molar-refractivity contribution in [1.29, 1.82) is 0 Å². The third-order valence-electron chi connectivity index (χ3n) is 6.47. The zero-order valence-electron chi connectivity index (χ0n) is 20.2. The molecule has 2 aromatic carbocycles. The summed E-state index contributed by atoms with van der Waals surface area (Å²) in [6.07, 6.45) is 3.97. The van der Waals surface area contributed by atoms with Crippen LogP contribution in [0.15, 0.2) is 73.1 Å². The van der Waals surface area contributed by atoms with Crippen LogP contribution in [0, 0.1) is 5.92 Å². The Morgan fingerprint density at radius 3 is 2.60 bits per heavy atom. The highest BCUT2D eigenvalue weighted by atomic mass is 16.5. The van der Waals surface area contributed by atoms with Crippen LogP contribution < -0.4 is 15.4 Å². The summed E-state index contributed by atoms with van der Waals surface area (Å²) in [5.74, 6) is 0.751. The van der Waals surface area contributed by atoms with Gasteiger partial charge in [-0.1, -0.05) is 36.4 Å². The van der Waals surface area contributed by atoms with Crippen LogP contribution in [0.5, 0.6) is 5.75 Å². The van der Waals surface area contributed by atoms with Crippen LogP contribution >= 0.6 is 0 Å². The van der Waals surface area contributed by atoms with Gasteiger partial charge in [0.05, 0.1) is 18.6 Å². The zero-order chi connectivity index (χ0) is 24.6. The number of carbonyl (C=O) groups excluding carboxylic acids is 2. The van der Waals surface area contributed by atoms with E-state index >= 15 is 0 Å². The van der Waals surface area contributed by atoms with E-state index in [2.05, 4.69) is 39.7 Å². The highest BCUT2D eigenvalue weighted by molar-refractivity contribution is 5.93. The predicted molar refractivity (Wildman–Crippen MR) is 135 cm³/mol. The molecule has 2 heterocycles. The lowest BCUT2D eigenvalue weighted by Crippen LogP contribution is -2.35. The van der Waals surface area contributed by atoms with Crippen molar-refractivity contribution in [3.05, 3.63) is 95.3 Å². The molecule has 2 N–H and O–H groups in total. The lowest BCUT2D eigenvalue weighted by Gasteiger charge is -2.19. The minimum atomic E-state index is -0.154. The topological polar surface area (TPSA) is 83.6 Å². The van der Waals surface area contributed by atoms with E-state index in [1.165, 1.54) is 0 Å². The summed E-state index contributed by atoms with van der Waals surface area (Å²) in [6, 6.07) is 19.6. The molecule has 1 aromatic heterocycles. The number of ether oxygens (including phenoxy) is 1. The summed E-state index contributed by atoms with van der Waals surface area (Å²) >= 11 is 0. The van der Waals surface area contributed by atoms with Crippen molar-refractivity contribution in [2.24, 2.45) is 5.92 Å². The van der Waals surface area contributed by atoms with E-state index < -0.39 is 0 Å². The van der Waals surface area contributed by atoms with E-state index in [9.17, 15) is 9.59 Å². The molecule has 7 heteroatoms.